The smallest absolute Gasteiger partial charge is 0.370 e. The first kappa shape index (κ1) is 14.8. The van der Waals surface area contributed by atoms with E-state index in [2.05, 4.69) is 31.1 Å². The molecular weight excluding hydrogens is 241 g/mol. The van der Waals surface area contributed by atoms with Crippen LogP contribution in [0, 0.1) is 0 Å². The third kappa shape index (κ3) is 5.38. The summed E-state index contributed by atoms with van der Waals surface area (Å²) in [5.41, 5.74) is 1.13. The minimum atomic E-state index is -4.08. The maximum atomic E-state index is 11.9. The first-order valence-electron chi connectivity index (χ1n) is 5.96. The van der Waals surface area contributed by atoms with E-state index in [0.717, 1.165) is 5.56 Å². The van der Waals surface area contributed by atoms with Crippen LogP contribution in [0.5, 0.6) is 0 Å². The summed E-state index contributed by atoms with van der Waals surface area (Å²) in [4.78, 5) is 4.19. The highest BCUT2D eigenvalue weighted by atomic mass is 19.4. The maximum absolute atomic E-state index is 11.9. The van der Waals surface area contributed by atoms with Gasteiger partial charge in [-0.2, -0.15) is 13.2 Å². The Morgan fingerprint density at radius 2 is 1.83 bits per heavy atom. The highest BCUT2D eigenvalue weighted by Crippen LogP contribution is 2.23. The fraction of sp³-hybridized carbons (Fsp3) is 0.615. The zero-order valence-corrected chi connectivity index (χ0v) is 10.9. The summed E-state index contributed by atoms with van der Waals surface area (Å²) >= 11 is 0. The number of hydrogen-bond donors (Lipinski definition) is 1. The average Bonchev–Trinajstić information content (AvgIpc) is 2.22. The molecule has 0 spiro atoms. The van der Waals surface area contributed by atoms with E-state index in [-0.39, 0.29) is 18.4 Å². The van der Waals surface area contributed by atoms with Crippen LogP contribution < -0.4 is 5.32 Å². The third-order valence-corrected chi connectivity index (χ3v) is 2.57. The number of halogens is 3. The first-order valence-corrected chi connectivity index (χ1v) is 5.96. The standard InChI is InChI=1S/C13H19F3N2/c1-12(2,3)10-5-6-11(18-9-10)17-8-4-7-13(14,15)16/h5-6,9H,4,7-8H2,1-3H3,(H,17,18). The molecule has 18 heavy (non-hydrogen) atoms. The van der Waals surface area contributed by atoms with Gasteiger partial charge in [-0.05, 0) is 23.5 Å². The van der Waals surface area contributed by atoms with Crippen molar-refractivity contribution in [2.75, 3.05) is 11.9 Å². The fourth-order valence-electron chi connectivity index (χ4n) is 1.45. The van der Waals surface area contributed by atoms with Crippen LogP contribution in [0.15, 0.2) is 18.3 Å². The number of aromatic nitrogens is 1. The number of alkyl halides is 3. The minimum absolute atomic E-state index is 0.0296. The second-order valence-electron chi connectivity index (χ2n) is 5.33. The highest BCUT2D eigenvalue weighted by Gasteiger charge is 2.25. The van der Waals surface area contributed by atoms with Gasteiger partial charge >= 0.3 is 6.18 Å². The normalized spacial score (nSPS) is 12.6. The van der Waals surface area contributed by atoms with E-state index >= 15 is 0 Å². The number of hydrogen-bond acceptors (Lipinski definition) is 2. The zero-order valence-electron chi connectivity index (χ0n) is 10.9. The zero-order chi connectivity index (χ0) is 13.8. The Morgan fingerprint density at radius 3 is 2.28 bits per heavy atom. The lowest BCUT2D eigenvalue weighted by Crippen LogP contribution is -2.13. The van der Waals surface area contributed by atoms with Crippen LogP contribution in [-0.2, 0) is 5.41 Å². The van der Waals surface area contributed by atoms with E-state index in [1.807, 2.05) is 6.07 Å². The van der Waals surface area contributed by atoms with Crippen molar-refractivity contribution in [2.24, 2.45) is 0 Å². The monoisotopic (exact) mass is 260 g/mol. The predicted octanol–water partition coefficient (Wildman–Crippen LogP) is 4.13. The van der Waals surface area contributed by atoms with E-state index in [9.17, 15) is 13.2 Å². The van der Waals surface area contributed by atoms with Crippen molar-refractivity contribution < 1.29 is 13.2 Å². The van der Waals surface area contributed by atoms with Crippen LogP contribution in [0.25, 0.3) is 0 Å². The molecule has 0 aliphatic rings. The lowest BCUT2D eigenvalue weighted by molar-refractivity contribution is -0.134. The third-order valence-electron chi connectivity index (χ3n) is 2.57. The van der Waals surface area contributed by atoms with Gasteiger partial charge in [-0.3, -0.25) is 0 Å². The molecule has 0 aliphatic carbocycles. The molecule has 0 atom stereocenters. The van der Waals surface area contributed by atoms with Gasteiger partial charge in [0.25, 0.3) is 0 Å². The van der Waals surface area contributed by atoms with Crippen molar-refractivity contribution in [2.45, 2.75) is 45.2 Å². The molecule has 0 radical (unpaired) electrons. The number of pyridine rings is 1. The van der Waals surface area contributed by atoms with Crippen LogP contribution in [0.2, 0.25) is 0 Å². The lowest BCUT2D eigenvalue weighted by Gasteiger charge is -2.18. The molecule has 1 N–H and O–H groups in total. The van der Waals surface area contributed by atoms with Gasteiger partial charge in [0.15, 0.2) is 0 Å². The molecule has 0 unspecified atom stereocenters. The van der Waals surface area contributed by atoms with Gasteiger partial charge in [0.1, 0.15) is 5.82 Å². The quantitative estimate of drug-likeness (QED) is 0.823. The number of nitrogens with zero attached hydrogens (tertiary/aromatic N) is 1. The van der Waals surface area contributed by atoms with Crippen molar-refractivity contribution in [3.8, 4) is 0 Å². The Labute approximate surface area is 106 Å². The number of anilines is 1. The van der Waals surface area contributed by atoms with Crippen LogP contribution in [0.1, 0.15) is 39.2 Å². The van der Waals surface area contributed by atoms with Gasteiger partial charge in [-0.25, -0.2) is 4.98 Å². The van der Waals surface area contributed by atoms with Crippen molar-refractivity contribution in [1.82, 2.24) is 4.98 Å². The molecule has 0 bridgehead atoms. The molecule has 0 saturated carbocycles. The minimum Gasteiger partial charge on any atom is -0.370 e. The summed E-state index contributed by atoms with van der Waals surface area (Å²) in [5, 5.41) is 2.88. The van der Waals surface area contributed by atoms with Crippen molar-refractivity contribution >= 4 is 5.82 Å². The van der Waals surface area contributed by atoms with Crippen LogP contribution in [0.3, 0.4) is 0 Å². The van der Waals surface area contributed by atoms with E-state index in [1.54, 1.807) is 12.3 Å². The molecule has 0 amide bonds. The first-order chi connectivity index (χ1) is 8.18. The van der Waals surface area contributed by atoms with Gasteiger partial charge in [0.05, 0.1) is 0 Å². The molecule has 102 valence electrons. The van der Waals surface area contributed by atoms with E-state index in [1.165, 1.54) is 0 Å². The summed E-state index contributed by atoms with van der Waals surface area (Å²) in [6, 6.07) is 3.74. The Morgan fingerprint density at radius 1 is 1.17 bits per heavy atom. The molecule has 1 rings (SSSR count). The van der Waals surface area contributed by atoms with E-state index in [4.69, 9.17) is 0 Å². The molecule has 1 heterocycles. The van der Waals surface area contributed by atoms with Crippen molar-refractivity contribution in [3.63, 3.8) is 0 Å². The Bertz CT molecular complexity index is 363. The second kappa shape index (κ2) is 5.59. The fourth-order valence-corrected chi connectivity index (χ4v) is 1.45. The predicted molar refractivity (Wildman–Crippen MR) is 66.7 cm³/mol. The topological polar surface area (TPSA) is 24.9 Å². The summed E-state index contributed by atoms with van der Waals surface area (Å²) in [6.07, 6.45) is -3.02. The van der Waals surface area contributed by atoms with Crippen LogP contribution >= 0.6 is 0 Å². The molecule has 0 fully saturated rings. The molecule has 5 heteroatoms. The molecule has 0 aliphatic heterocycles. The maximum Gasteiger partial charge on any atom is 0.389 e. The molecule has 0 aromatic carbocycles. The van der Waals surface area contributed by atoms with Crippen molar-refractivity contribution in [1.29, 1.82) is 0 Å². The summed E-state index contributed by atoms with van der Waals surface area (Å²) < 4.78 is 35.8. The Hall–Kier alpha value is -1.26. The SMILES string of the molecule is CC(C)(C)c1ccc(NCCCC(F)(F)F)nc1. The number of rotatable bonds is 4. The Kier molecular flexibility index (Phi) is 4.59. The summed E-state index contributed by atoms with van der Waals surface area (Å²) in [7, 11) is 0. The Balaban J connectivity index is 2.41. The lowest BCUT2D eigenvalue weighted by atomic mass is 9.88. The van der Waals surface area contributed by atoms with Crippen LogP contribution in [0.4, 0.5) is 19.0 Å². The van der Waals surface area contributed by atoms with E-state index < -0.39 is 12.6 Å². The molecule has 2 nitrogen and oxygen atoms in total. The van der Waals surface area contributed by atoms with Crippen LogP contribution in [-0.4, -0.2) is 17.7 Å². The largest absolute Gasteiger partial charge is 0.389 e. The summed E-state index contributed by atoms with van der Waals surface area (Å²) in [6.45, 7) is 6.53. The van der Waals surface area contributed by atoms with Gasteiger partial charge < -0.3 is 5.32 Å². The molecule has 0 saturated heterocycles. The summed E-state index contributed by atoms with van der Waals surface area (Å²) in [5.74, 6) is 0.616. The molecular formula is C13H19F3N2. The van der Waals surface area contributed by atoms with Gasteiger partial charge in [0, 0.05) is 19.2 Å². The second-order valence-corrected chi connectivity index (χ2v) is 5.33. The average molecular weight is 260 g/mol. The molecule has 1 aromatic heterocycles. The van der Waals surface area contributed by atoms with Gasteiger partial charge in [0.2, 0.25) is 0 Å². The van der Waals surface area contributed by atoms with E-state index in [0.29, 0.717) is 5.82 Å². The number of nitrogens with one attached hydrogen (secondary N) is 1. The van der Waals surface area contributed by atoms with Crippen molar-refractivity contribution in [3.05, 3.63) is 23.9 Å². The molecule has 1 aromatic rings. The highest BCUT2D eigenvalue weighted by molar-refractivity contribution is 5.36. The van der Waals surface area contributed by atoms with Gasteiger partial charge in [-0.15, -0.1) is 0 Å². The van der Waals surface area contributed by atoms with Gasteiger partial charge in [-0.1, -0.05) is 26.8 Å².